The lowest BCUT2D eigenvalue weighted by molar-refractivity contribution is 0.315. The van der Waals surface area contributed by atoms with Crippen LogP contribution >= 0.6 is 12.6 Å². The van der Waals surface area contributed by atoms with Gasteiger partial charge in [-0.05, 0) is 28.0 Å². The van der Waals surface area contributed by atoms with Crippen molar-refractivity contribution in [3.05, 3.63) is 23.8 Å². The fraction of sp³-hybridized carbons (Fsp3) is 0.143. The van der Waals surface area contributed by atoms with E-state index in [-0.39, 0.29) is 0 Å². The maximum absolute atomic E-state index is 4.54. The minimum absolute atomic E-state index is 0.711. The van der Waals surface area contributed by atoms with Crippen molar-refractivity contribution in [2.75, 3.05) is 0 Å². The van der Waals surface area contributed by atoms with Gasteiger partial charge in [0.2, 0.25) is 0 Å². The molecule has 11 heavy (non-hydrogen) atoms. The fourth-order valence-corrected chi connectivity index (χ4v) is 1.12. The van der Waals surface area contributed by atoms with E-state index >= 15 is 0 Å². The van der Waals surface area contributed by atoms with Gasteiger partial charge in [0.25, 0.3) is 0 Å². The first kappa shape index (κ1) is 6.67. The lowest BCUT2D eigenvalue weighted by Crippen LogP contribution is -1.76. The number of rotatable bonds is 1. The molecule has 0 atom stereocenters. The van der Waals surface area contributed by atoms with Crippen molar-refractivity contribution in [2.45, 2.75) is 5.75 Å². The standard InChI is InChI=1S/C7H6N2OS/c11-4-5-1-2-6-7(3-5)9-10-8-6/h1-3,11H,4H2. The summed E-state index contributed by atoms with van der Waals surface area (Å²) in [5, 5.41) is 7.39. The molecular formula is C7H6N2OS. The van der Waals surface area contributed by atoms with Gasteiger partial charge in [-0.15, -0.1) is 0 Å². The Bertz CT molecular complexity index is 371. The SMILES string of the molecule is SCc1ccc2nonc2c1. The van der Waals surface area contributed by atoms with E-state index < -0.39 is 0 Å². The zero-order valence-electron chi connectivity index (χ0n) is 5.69. The van der Waals surface area contributed by atoms with Crippen LogP contribution in [0, 0.1) is 0 Å². The zero-order valence-corrected chi connectivity index (χ0v) is 6.58. The molecule has 3 nitrogen and oxygen atoms in total. The summed E-state index contributed by atoms with van der Waals surface area (Å²) < 4.78 is 4.54. The number of benzene rings is 1. The average molecular weight is 166 g/mol. The van der Waals surface area contributed by atoms with E-state index in [1.807, 2.05) is 18.2 Å². The van der Waals surface area contributed by atoms with E-state index in [0.717, 1.165) is 16.6 Å². The van der Waals surface area contributed by atoms with Crippen molar-refractivity contribution in [3.63, 3.8) is 0 Å². The maximum Gasteiger partial charge on any atom is 0.135 e. The van der Waals surface area contributed by atoms with E-state index in [9.17, 15) is 0 Å². The fourth-order valence-electron chi connectivity index (χ4n) is 0.926. The van der Waals surface area contributed by atoms with Crippen LogP contribution in [0.4, 0.5) is 0 Å². The smallest absolute Gasteiger partial charge is 0.135 e. The van der Waals surface area contributed by atoms with Crippen LogP contribution in [0.1, 0.15) is 5.56 Å². The molecule has 0 N–H and O–H groups in total. The Balaban J connectivity index is 2.67. The number of nitrogens with zero attached hydrogens (tertiary/aromatic N) is 2. The largest absolute Gasteiger partial charge is 0.243 e. The highest BCUT2D eigenvalue weighted by atomic mass is 32.1. The van der Waals surface area contributed by atoms with E-state index in [1.165, 1.54) is 0 Å². The summed E-state index contributed by atoms with van der Waals surface area (Å²) in [6.45, 7) is 0. The number of thiol groups is 1. The molecule has 56 valence electrons. The Morgan fingerprint density at radius 2 is 2.09 bits per heavy atom. The molecule has 1 aromatic carbocycles. The third-order valence-electron chi connectivity index (χ3n) is 1.50. The monoisotopic (exact) mass is 166 g/mol. The van der Waals surface area contributed by atoms with E-state index in [2.05, 4.69) is 27.6 Å². The van der Waals surface area contributed by atoms with Gasteiger partial charge in [0.15, 0.2) is 0 Å². The third kappa shape index (κ3) is 1.09. The summed E-state index contributed by atoms with van der Waals surface area (Å²) in [6, 6.07) is 5.75. The molecular weight excluding hydrogens is 160 g/mol. The van der Waals surface area contributed by atoms with Gasteiger partial charge in [0.05, 0.1) is 0 Å². The average Bonchev–Trinajstić information content (AvgIpc) is 2.50. The molecule has 0 bridgehead atoms. The molecule has 4 heteroatoms. The first-order valence-electron chi connectivity index (χ1n) is 3.22. The molecule has 0 radical (unpaired) electrons. The molecule has 0 aliphatic rings. The van der Waals surface area contributed by atoms with Crippen molar-refractivity contribution >= 4 is 23.7 Å². The van der Waals surface area contributed by atoms with Gasteiger partial charge >= 0.3 is 0 Å². The Hall–Kier alpha value is -1.03. The van der Waals surface area contributed by atoms with Crippen molar-refractivity contribution in [1.29, 1.82) is 0 Å². The summed E-state index contributed by atoms with van der Waals surface area (Å²) in [7, 11) is 0. The van der Waals surface area contributed by atoms with Gasteiger partial charge in [-0.2, -0.15) is 12.6 Å². The third-order valence-corrected chi connectivity index (χ3v) is 1.87. The molecule has 2 aromatic rings. The molecule has 0 amide bonds. The van der Waals surface area contributed by atoms with Crippen molar-refractivity contribution in [3.8, 4) is 0 Å². The number of aromatic nitrogens is 2. The summed E-state index contributed by atoms with van der Waals surface area (Å²) in [5.41, 5.74) is 2.70. The van der Waals surface area contributed by atoms with Gasteiger partial charge in [-0.25, -0.2) is 4.63 Å². The summed E-state index contributed by atoms with van der Waals surface area (Å²) >= 11 is 4.14. The second-order valence-electron chi connectivity index (χ2n) is 2.25. The van der Waals surface area contributed by atoms with E-state index in [0.29, 0.717) is 5.75 Å². The second-order valence-corrected chi connectivity index (χ2v) is 2.56. The molecule has 0 aliphatic carbocycles. The topological polar surface area (TPSA) is 38.9 Å². The van der Waals surface area contributed by atoms with Crippen LogP contribution in [0.15, 0.2) is 22.8 Å². The quantitative estimate of drug-likeness (QED) is 0.655. The van der Waals surface area contributed by atoms with Gasteiger partial charge in [0, 0.05) is 5.75 Å². The van der Waals surface area contributed by atoms with Crippen LogP contribution < -0.4 is 0 Å². The molecule has 1 aromatic heterocycles. The van der Waals surface area contributed by atoms with Crippen LogP contribution in [0.25, 0.3) is 11.0 Å². The molecule has 2 rings (SSSR count). The first-order chi connectivity index (χ1) is 5.40. The lowest BCUT2D eigenvalue weighted by atomic mass is 10.2. The van der Waals surface area contributed by atoms with Gasteiger partial charge in [-0.1, -0.05) is 6.07 Å². The minimum Gasteiger partial charge on any atom is -0.243 e. The zero-order chi connectivity index (χ0) is 7.68. The predicted octanol–water partition coefficient (Wildman–Crippen LogP) is 1.65. The Morgan fingerprint density at radius 1 is 1.27 bits per heavy atom. The number of hydrogen-bond acceptors (Lipinski definition) is 4. The lowest BCUT2D eigenvalue weighted by Gasteiger charge is -1.90. The van der Waals surface area contributed by atoms with Crippen molar-refractivity contribution < 1.29 is 4.63 Å². The molecule has 0 unspecified atom stereocenters. The molecule has 1 heterocycles. The normalized spacial score (nSPS) is 10.6. The van der Waals surface area contributed by atoms with Crippen molar-refractivity contribution in [1.82, 2.24) is 10.3 Å². The number of fused-ring (bicyclic) bond motifs is 1. The molecule has 0 aliphatic heterocycles. The molecule has 0 spiro atoms. The summed E-state index contributed by atoms with van der Waals surface area (Å²) in [5.74, 6) is 0.711. The number of hydrogen-bond donors (Lipinski definition) is 1. The molecule has 0 saturated heterocycles. The summed E-state index contributed by atoms with van der Waals surface area (Å²) in [6.07, 6.45) is 0. The second kappa shape index (κ2) is 2.54. The van der Waals surface area contributed by atoms with Crippen LogP contribution in [0.2, 0.25) is 0 Å². The highest BCUT2D eigenvalue weighted by molar-refractivity contribution is 7.79. The summed E-state index contributed by atoms with van der Waals surface area (Å²) in [4.78, 5) is 0. The van der Waals surface area contributed by atoms with Gasteiger partial charge < -0.3 is 0 Å². The van der Waals surface area contributed by atoms with Crippen LogP contribution in [-0.4, -0.2) is 10.3 Å². The Labute approximate surface area is 68.8 Å². The van der Waals surface area contributed by atoms with Crippen LogP contribution in [-0.2, 0) is 5.75 Å². The van der Waals surface area contributed by atoms with Gasteiger partial charge in [0.1, 0.15) is 11.0 Å². The first-order valence-corrected chi connectivity index (χ1v) is 3.85. The Kier molecular flexibility index (Phi) is 1.54. The van der Waals surface area contributed by atoms with Crippen LogP contribution in [0.5, 0.6) is 0 Å². The van der Waals surface area contributed by atoms with E-state index in [4.69, 9.17) is 0 Å². The van der Waals surface area contributed by atoms with Crippen molar-refractivity contribution in [2.24, 2.45) is 0 Å². The minimum atomic E-state index is 0.711. The Morgan fingerprint density at radius 3 is 2.91 bits per heavy atom. The van der Waals surface area contributed by atoms with Gasteiger partial charge in [-0.3, -0.25) is 0 Å². The van der Waals surface area contributed by atoms with E-state index in [1.54, 1.807) is 0 Å². The highest BCUT2D eigenvalue weighted by Crippen LogP contribution is 2.12. The molecule has 0 saturated carbocycles. The molecule has 0 fully saturated rings. The highest BCUT2D eigenvalue weighted by Gasteiger charge is 1.98. The maximum atomic E-state index is 4.54. The predicted molar refractivity (Wildman–Crippen MR) is 44.5 cm³/mol. The van der Waals surface area contributed by atoms with Crippen LogP contribution in [0.3, 0.4) is 0 Å².